The molecule has 5 fully saturated rings. The van der Waals surface area contributed by atoms with Crippen LogP contribution in [0.2, 0.25) is 0 Å². The molecule has 2 heterocycles. The minimum Gasteiger partial charge on any atom is -0.404 e. The van der Waals surface area contributed by atoms with Crippen LogP contribution in [-0.4, -0.2) is 48.7 Å². The van der Waals surface area contributed by atoms with Gasteiger partial charge >= 0.3 is 7.12 Å². The van der Waals surface area contributed by atoms with Gasteiger partial charge in [0.25, 0.3) is 0 Å². The zero-order valence-electron chi connectivity index (χ0n) is 13.9. The summed E-state index contributed by atoms with van der Waals surface area (Å²) in [5.74, 6) is 1.37. The molecule has 2 N–H and O–H groups in total. The number of rotatable bonds is 2. The molecule has 2 aliphatic heterocycles. The second-order valence-electron chi connectivity index (χ2n) is 8.34. The van der Waals surface area contributed by atoms with E-state index in [1.165, 1.54) is 6.42 Å². The molecule has 0 spiro atoms. The van der Waals surface area contributed by atoms with Crippen LogP contribution in [0.1, 0.15) is 46.5 Å². The summed E-state index contributed by atoms with van der Waals surface area (Å²) in [6.45, 7) is 7.81. The molecule has 3 saturated carbocycles. The van der Waals surface area contributed by atoms with E-state index in [0.29, 0.717) is 11.3 Å². The highest BCUT2D eigenvalue weighted by atomic mass is 16.7. The lowest BCUT2D eigenvalue weighted by molar-refractivity contribution is -0.199. The first-order valence-corrected chi connectivity index (χ1v) is 8.70. The summed E-state index contributed by atoms with van der Waals surface area (Å²) in [5.41, 5.74) is 5.71. The maximum absolute atomic E-state index is 12.0. The Balaban J connectivity index is 1.54. The first-order valence-electron chi connectivity index (χ1n) is 8.70. The number of hydrogen-bond donors (Lipinski definition) is 1. The summed E-state index contributed by atoms with van der Waals surface area (Å²) in [7, 11) is -0.275. The molecule has 5 rings (SSSR count). The van der Waals surface area contributed by atoms with Crippen LogP contribution < -0.4 is 5.73 Å². The fourth-order valence-electron chi connectivity index (χ4n) is 5.57. The molecule has 2 saturated heterocycles. The van der Waals surface area contributed by atoms with Gasteiger partial charge in [-0.1, -0.05) is 13.8 Å². The molecule has 1 amide bonds. The van der Waals surface area contributed by atoms with Gasteiger partial charge in [-0.15, -0.1) is 0 Å². The molecule has 5 atom stereocenters. The van der Waals surface area contributed by atoms with Crippen LogP contribution in [0.4, 0.5) is 0 Å². The third kappa shape index (κ3) is 1.80. The molecule has 0 aromatic rings. The van der Waals surface area contributed by atoms with Crippen LogP contribution in [-0.2, 0) is 14.1 Å². The van der Waals surface area contributed by atoms with Crippen molar-refractivity contribution in [2.45, 2.75) is 64.1 Å². The maximum atomic E-state index is 12.0. The van der Waals surface area contributed by atoms with E-state index in [9.17, 15) is 4.79 Å². The van der Waals surface area contributed by atoms with E-state index >= 15 is 0 Å². The summed E-state index contributed by atoms with van der Waals surface area (Å²) >= 11 is 0. The highest BCUT2D eigenvalue weighted by Crippen LogP contribution is 2.65. The van der Waals surface area contributed by atoms with Crippen molar-refractivity contribution >= 4 is 13.0 Å². The first-order chi connectivity index (χ1) is 10.4. The number of likely N-dealkylation sites (tertiary alicyclic amines) is 1. The Labute approximate surface area is 133 Å². The molecule has 22 heavy (non-hydrogen) atoms. The lowest BCUT2D eigenvalue weighted by Gasteiger charge is -2.64. The second kappa shape index (κ2) is 4.71. The SMILES string of the molecule is CC1(C)[C@@H]2C[C@H]3OB([C@@H]4CCCN4C(=O)CN)O[C@@]3(C)[C@H]1C2. The number of hydrogen-bond acceptors (Lipinski definition) is 4. The molecule has 2 bridgehead atoms. The number of carbonyl (C=O) groups excluding carboxylic acids is 1. The molecule has 3 aliphatic carbocycles. The van der Waals surface area contributed by atoms with Crippen molar-refractivity contribution in [1.82, 2.24) is 4.90 Å². The highest BCUT2D eigenvalue weighted by molar-refractivity contribution is 6.48. The van der Waals surface area contributed by atoms with Crippen molar-refractivity contribution < 1.29 is 14.1 Å². The molecular weight excluding hydrogens is 279 g/mol. The van der Waals surface area contributed by atoms with Gasteiger partial charge < -0.3 is 19.9 Å². The molecule has 0 aromatic carbocycles. The van der Waals surface area contributed by atoms with Gasteiger partial charge in [0.05, 0.1) is 24.2 Å². The van der Waals surface area contributed by atoms with Crippen molar-refractivity contribution in [1.29, 1.82) is 0 Å². The summed E-state index contributed by atoms with van der Waals surface area (Å²) in [6.07, 6.45) is 4.50. The van der Waals surface area contributed by atoms with Gasteiger partial charge in [0, 0.05) is 6.54 Å². The molecule has 6 heteroatoms. The van der Waals surface area contributed by atoms with Crippen LogP contribution >= 0.6 is 0 Å². The number of nitrogens with two attached hydrogens (primary N) is 1. The summed E-state index contributed by atoms with van der Waals surface area (Å²) in [5, 5.41) is 0. The highest BCUT2D eigenvalue weighted by Gasteiger charge is 2.68. The van der Waals surface area contributed by atoms with Gasteiger partial charge in [0.15, 0.2) is 0 Å². The van der Waals surface area contributed by atoms with Gasteiger partial charge in [0.1, 0.15) is 0 Å². The smallest absolute Gasteiger partial charge is 0.404 e. The van der Waals surface area contributed by atoms with Crippen LogP contribution in [0.25, 0.3) is 0 Å². The number of nitrogens with zero attached hydrogens (tertiary/aromatic N) is 1. The topological polar surface area (TPSA) is 64.8 Å². The van der Waals surface area contributed by atoms with E-state index in [-0.39, 0.29) is 37.2 Å². The first kappa shape index (κ1) is 15.0. The molecule has 0 radical (unpaired) electrons. The van der Waals surface area contributed by atoms with E-state index in [2.05, 4.69) is 20.8 Å². The van der Waals surface area contributed by atoms with Crippen molar-refractivity contribution in [3.8, 4) is 0 Å². The average molecular weight is 306 g/mol. The third-order valence-electron chi connectivity index (χ3n) is 7.08. The maximum Gasteiger partial charge on any atom is 0.481 e. The fourth-order valence-corrected chi connectivity index (χ4v) is 5.57. The standard InChI is InChI=1S/C16H27BN2O3/c1-15(2)10-7-11(15)16(3)12(8-10)21-17(22-16)13-5-4-6-19(13)14(20)9-18/h10-13H,4-9,18H2,1-3H3/t10-,11-,12+,13-,16-/m0/s1. The zero-order chi connectivity index (χ0) is 15.7. The molecular formula is C16H27BN2O3. The number of carbonyl (C=O) groups is 1. The van der Waals surface area contributed by atoms with E-state index in [1.54, 1.807) is 0 Å². The van der Waals surface area contributed by atoms with Crippen molar-refractivity contribution in [3.05, 3.63) is 0 Å². The Bertz CT molecular complexity index is 500. The van der Waals surface area contributed by atoms with Crippen molar-refractivity contribution in [3.63, 3.8) is 0 Å². The Morgan fingerprint density at radius 3 is 2.82 bits per heavy atom. The lowest BCUT2D eigenvalue weighted by Crippen LogP contribution is -2.65. The summed E-state index contributed by atoms with van der Waals surface area (Å²) < 4.78 is 12.8. The van der Waals surface area contributed by atoms with Gasteiger partial charge in [-0.05, 0) is 49.9 Å². The Morgan fingerprint density at radius 2 is 2.14 bits per heavy atom. The monoisotopic (exact) mass is 306 g/mol. The normalized spacial score (nSPS) is 45.6. The Hall–Kier alpha value is -0.585. The predicted octanol–water partition coefficient (Wildman–Crippen LogP) is 1.20. The van der Waals surface area contributed by atoms with E-state index < -0.39 is 0 Å². The van der Waals surface area contributed by atoms with Gasteiger partial charge in [0.2, 0.25) is 5.91 Å². The van der Waals surface area contributed by atoms with E-state index in [4.69, 9.17) is 15.0 Å². The van der Waals surface area contributed by atoms with Crippen LogP contribution in [0.5, 0.6) is 0 Å². The second-order valence-corrected chi connectivity index (χ2v) is 8.34. The van der Waals surface area contributed by atoms with E-state index in [1.807, 2.05) is 4.90 Å². The predicted molar refractivity (Wildman–Crippen MR) is 83.9 cm³/mol. The Kier molecular flexibility index (Phi) is 3.21. The summed E-state index contributed by atoms with van der Waals surface area (Å²) in [4.78, 5) is 13.9. The molecule has 5 aliphatic rings. The Morgan fingerprint density at radius 1 is 1.36 bits per heavy atom. The van der Waals surface area contributed by atoms with Crippen LogP contribution in [0.3, 0.4) is 0 Å². The minimum absolute atomic E-state index is 0.0133. The quantitative estimate of drug-likeness (QED) is 0.779. The lowest BCUT2D eigenvalue weighted by atomic mass is 9.43. The van der Waals surface area contributed by atoms with Gasteiger partial charge in [-0.25, -0.2) is 0 Å². The van der Waals surface area contributed by atoms with Gasteiger partial charge in [-0.2, -0.15) is 0 Å². The average Bonchev–Trinajstić information content (AvgIpc) is 3.08. The molecule has 0 aromatic heterocycles. The van der Waals surface area contributed by atoms with Crippen molar-refractivity contribution in [2.24, 2.45) is 23.0 Å². The third-order valence-corrected chi connectivity index (χ3v) is 7.08. The molecule has 5 nitrogen and oxygen atoms in total. The zero-order valence-corrected chi connectivity index (χ0v) is 13.9. The number of amides is 1. The largest absolute Gasteiger partial charge is 0.481 e. The van der Waals surface area contributed by atoms with Crippen LogP contribution in [0, 0.1) is 17.3 Å². The fraction of sp³-hybridized carbons (Fsp3) is 0.938. The van der Waals surface area contributed by atoms with Crippen LogP contribution in [0.15, 0.2) is 0 Å². The molecule has 122 valence electrons. The van der Waals surface area contributed by atoms with E-state index in [0.717, 1.165) is 31.7 Å². The van der Waals surface area contributed by atoms with Crippen molar-refractivity contribution in [2.75, 3.05) is 13.1 Å². The molecule has 0 unspecified atom stereocenters. The van der Waals surface area contributed by atoms with Gasteiger partial charge in [-0.3, -0.25) is 4.79 Å². The minimum atomic E-state index is -0.275. The summed E-state index contributed by atoms with van der Waals surface area (Å²) in [6, 6.07) is 0.